The lowest BCUT2D eigenvalue weighted by atomic mass is 9.89. The molecule has 1 aliphatic heterocycles. The van der Waals surface area contributed by atoms with E-state index in [9.17, 15) is 0 Å². The molecule has 0 aliphatic carbocycles. The molecule has 1 unspecified atom stereocenters. The zero-order valence-corrected chi connectivity index (χ0v) is 13.6. The van der Waals surface area contributed by atoms with Gasteiger partial charge in [0.2, 0.25) is 0 Å². The maximum atomic E-state index is 5.71. The molecule has 2 rings (SSSR count). The SMILES string of the molecule is COc1c(C(C)C)cc(CC2CCCN2)cc1C(C)C. The number of rotatable bonds is 5. The molecular weight excluding hydrogens is 246 g/mol. The van der Waals surface area contributed by atoms with Gasteiger partial charge in [-0.1, -0.05) is 39.8 Å². The molecule has 1 fully saturated rings. The molecule has 2 nitrogen and oxygen atoms in total. The Morgan fingerprint density at radius 3 is 2.15 bits per heavy atom. The highest BCUT2D eigenvalue weighted by Crippen LogP contribution is 2.36. The molecular formula is C18H29NO. The summed E-state index contributed by atoms with van der Waals surface area (Å²) in [5.41, 5.74) is 4.16. The van der Waals surface area contributed by atoms with Gasteiger partial charge in [0.25, 0.3) is 0 Å². The molecule has 1 N–H and O–H groups in total. The summed E-state index contributed by atoms with van der Waals surface area (Å²) in [6, 6.07) is 5.37. The van der Waals surface area contributed by atoms with Gasteiger partial charge in [-0.2, -0.15) is 0 Å². The Bertz CT molecular complexity index is 416. The van der Waals surface area contributed by atoms with Crippen LogP contribution in [0.25, 0.3) is 0 Å². The molecule has 1 saturated heterocycles. The summed E-state index contributed by atoms with van der Waals surface area (Å²) < 4.78 is 5.71. The van der Waals surface area contributed by atoms with Gasteiger partial charge in [-0.05, 0) is 54.3 Å². The maximum absolute atomic E-state index is 5.71. The summed E-state index contributed by atoms with van der Waals surface area (Å²) in [7, 11) is 1.80. The van der Waals surface area contributed by atoms with Gasteiger partial charge in [0.15, 0.2) is 0 Å². The molecule has 0 spiro atoms. The van der Waals surface area contributed by atoms with Crippen molar-refractivity contribution < 1.29 is 4.74 Å². The molecule has 112 valence electrons. The van der Waals surface area contributed by atoms with Crippen LogP contribution in [0.2, 0.25) is 0 Å². The quantitative estimate of drug-likeness (QED) is 0.868. The van der Waals surface area contributed by atoms with E-state index in [-0.39, 0.29) is 0 Å². The minimum Gasteiger partial charge on any atom is -0.496 e. The third kappa shape index (κ3) is 3.35. The van der Waals surface area contributed by atoms with E-state index >= 15 is 0 Å². The number of hydrogen-bond acceptors (Lipinski definition) is 2. The molecule has 0 amide bonds. The van der Waals surface area contributed by atoms with Gasteiger partial charge in [-0.25, -0.2) is 0 Å². The number of hydrogen-bond donors (Lipinski definition) is 1. The van der Waals surface area contributed by atoms with Crippen molar-refractivity contribution in [2.24, 2.45) is 0 Å². The Balaban J connectivity index is 2.36. The zero-order chi connectivity index (χ0) is 14.7. The van der Waals surface area contributed by atoms with E-state index < -0.39 is 0 Å². The van der Waals surface area contributed by atoms with Crippen molar-refractivity contribution in [1.29, 1.82) is 0 Å². The van der Waals surface area contributed by atoms with Crippen molar-refractivity contribution in [3.63, 3.8) is 0 Å². The van der Waals surface area contributed by atoms with E-state index in [0.717, 1.165) is 12.2 Å². The van der Waals surface area contributed by atoms with Crippen LogP contribution in [-0.4, -0.2) is 19.7 Å². The number of methoxy groups -OCH3 is 1. The van der Waals surface area contributed by atoms with Gasteiger partial charge in [0.1, 0.15) is 5.75 Å². The number of benzene rings is 1. The average Bonchev–Trinajstić information content (AvgIpc) is 2.90. The summed E-state index contributed by atoms with van der Waals surface area (Å²) in [4.78, 5) is 0. The van der Waals surface area contributed by atoms with E-state index in [1.54, 1.807) is 7.11 Å². The highest BCUT2D eigenvalue weighted by molar-refractivity contribution is 5.48. The van der Waals surface area contributed by atoms with Gasteiger partial charge in [-0.15, -0.1) is 0 Å². The van der Waals surface area contributed by atoms with Gasteiger partial charge in [-0.3, -0.25) is 0 Å². The van der Waals surface area contributed by atoms with Crippen LogP contribution in [0.5, 0.6) is 5.75 Å². The normalized spacial score (nSPS) is 19.1. The van der Waals surface area contributed by atoms with E-state index in [2.05, 4.69) is 45.1 Å². The highest BCUT2D eigenvalue weighted by Gasteiger charge is 2.19. The molecule has 0 radical (unpaired) electrons. The van der Waals surface area contributed by atoms with Crippen LogP contribution in [0.3, 0.4) is 0 Å². The maximum Gasteiger partial charge on any atom is 0.125 e. The predicted molar refractivity (Wildman–Crippen MR) is 85.9 cm³/mol. The van der Waals surface area contributed by atoms with Crippen LogP contribution in [-0.2, 0) is 6.42 Å². The largest absolute Gasteiger partial charge is 0.496 e. The van der Waals surface area contributed by atoms with Crippen LogP contribution >= 0.6 is 0 Å². The second kappa shape index (κ2) is 6.62. The van der Waals surface area contributed by atoms with Crippen LogP contribution in [0.15, 0.2) is 12.1 Å². The number of nitrogens with one attached hydrogen (secondary N) is 1. The third-order valence-electron chi connectivity index (χ3n) is 4.30. The van der Waals surface area contributed by atoms with Crippen LogP contribution in [0.4, 0.5) is 0 Å². The Hall–Kier alpha value is -1.02. The van der Waals surface area contributed by atoms with Crippen LogP contribution in [0.1, 0.15) is 69.1 Å². The van der Waals surface area contributed by atoms with Crippen molar-refractivity contribution in [1.82, 2.24) is 5.32 Å². The summed E-state index contributed by atoms with van der Waals surface area (Å²) in [6.07, 6.45) is 3.76. The summed E-state index contributed by atoms with van der Waals surface area (Å²) in [6.45, 7) is 10.2. The van der Waals surface area contributed by atoms with Gasteiger partial charge in [0, 0.05) is 6.04 Å². The molecule has 1 atom stereocenters. The van der Waals surface area contributed by atoms with Crippen molar-refractivity contribution in [3.8, 4) is 5.75 Å². The molecule has 2 heteroatoms. The molecule has 0 aromatic heterocycles. The molecule has 1 aromatic carbocycles. The Morgan fingerprint density at radius 1 is 1.15 bits per heavy atom. The van der Waals surface area contributed by atoms with Gasteiger partial charge >= 0.3 is 0 Å². The monoisotopic (exact) mass is 275 g/mol. The van der Waals surface area contributed by atoms with Crippen molar-refractivity contribution in [3.05, 3.63) is 28.8 Å². The Labute approximate surface area is 123 Å². The lowest BCUT2D eigenvalue weighted by Crippen LogP contribution is -2.23. The Kier molecular flexibility index (Phi) is 5.09. The van der Waals surface area contributed by atoms with Crippen molar-refractivity contribution in [2.45, 2.75) is 64.8 Å². The first-order valence-electron chi connectivity index (χ1n) is 7.97. The molecule has 0 bridgehead atoms. The lowest BCUT2D eigenvalue weighted by Gasteiger charge is -2.21. The molecule has 1 aliphatic rings. The van der Waals surface area contributed by atoms with E-state index in [1.165, 1.54) is 36.1 Å². The Morgan fingerprint density at radius 2 is 1.75 bits per heavy atom. The molecule has 1 heterocycles. The molecule has 0 saturated carbocycles. The second-order valence-electron chi connectivity index (χ2n) is 6.61. The first kappa shape index (κ1) is 15.4. The lowest BCUT2D eigenvalue weighted by molar-refractivity contribution is 0.400. The predicted octanol–water partition coefficient (Wildman–Crippen LogP) is 4.24. The van der Waals surface area contributed by atoms with Crippen LogP contribution in [0, 0.1) is 0 Å². The molecule has 1 aromatic rings. The summed E-state index contributed by atoms with van der Waals surface area (Å²) in [5, 5.41) is 3.60. The summed E-state index contributed by atoms with van der Waals surface area (Å²) >= 11 is 0. The number of ether oxygens (including phenoxy) is 1. The minimum absolute atomic E-state index is 0.499. The fourth-order valence-electron chi connectivity index (χ4n) is 3.17. The standard InChI is InChI=1S/C18H29NO/c1-12(2)16-10-14(9-15-7-6-8-19-15)11-17(13(3)4)18(16)20-5/h10-13,15,19H,6-9H2,1-5H3. The van der Waals surface area contributed by atoms with Crippen molar-refractivity contribution in [2.75, 3.05) is 13.7 Å². The van der Waals surface area contributed by atoms with E-state index in [4.69, 9.17) is 4.74 Å². The second-order valence-corrected chi connectivity index (χ2v) is 6.61. The van der Waals surface area contributed by atoms with E-state index in [0.29, 0.717) is 17.9 Å². The average molecular weight is 275 g/mol. The fraction of sp³-hybridized carbons (Fsp3) is 0.667. The van der Waals surface area contributed by atoms with Crippen molar-refractivity contribution >= 4 is 0 Å². The van der Waals surface area contributed by atoms with Gasteiger partial charge < -0.3 is 10.1 Å². The third-order valence-corrected chi connectivity index (χ3v) is 4.30. The van der Waals surface area contributed by atoms with Gasteiger partial charge in [0.05, 0.1) is 7.11 Å². The topological polar surface area (TPSA) is 21.3 Å². The van der Waals surface area contributed by atoms with Crippen LogP contribution < -0.4 is 10.1 Å². The summed E-state index contributed by atoms with van der Waals surface area (Å²) in [5.74, 6) is 2.09. The van der Waals surface area contributed by atoms with E-state index in [1.807, 2.05) is 0 Å². The first-order chi connectivity index (χ1) is 9.52. The molecule has 20 heavy (non-hydrogen) atoms. The fourth-order valence-corrected chi connectivity index (χ4v) is 3.17. The smallest absolute Gasteiger partial charge is 0.125 e. The first-order valence-corrected chi connectivity index (χ1v) is 7.97. The zero-order valence-electron chi connectivity index (χ0n) is 13.6. The highest BCUT2D eigenvalue weighted by atomic mass is 16.5. The minimum atomic E-state index is 0.499.